The van der Waals surface area contributed by atoms with Gasteiger partial charge in [0.15, 0.2) is 0 Å². The van der Waals surface area contributed by atoms with Gasteiger partial charge in [-0.15, -0.1) is 11.6 Å². The van der Waals surface area contributed by atoms with E-state index in [0.717, 1.165) is 0 Å². The third-order valence-electron chi connectivity index (χ3n) is 1.01. The Labute approximate surface area is 86.6 Å². The van der Waals surface area contributed by atoms with Crippen LogP contribution in [0.4, 0.5) is 0 Å². The summed E-state index contributed by atoms with van der Waals surface area (Å²) in [6, 6.07) is 6.26. The van der Waals surface area contributed by atoms with Gasteiger partial charge in [-0.3, -0.25) is 0 Å². The van der Waals surface area contributed by atoms with Gasteiger partial charge in [0.1, 0.15) is 0 Å². The van der Waals surface area contributed by atoms with Crippen LogP contribution in [0.15, 0.2) is 24.3 Å². The zero-order valence-corrected chi connectivity index (χ0v) is 8.11. The number of phenolic OH excluding ortho intramolecular Hbond substituents is 1. The van der Waals surface area contributed by atoms with Crippen molar-refractivity contribution in [3.05, 3.63) is 29.8 Å². The van der Waals surface area contributed by atoms with Gasteiger partial charge in [-0.1, -0.05) is 12.1 Å². The fourth-order valence-corrected chi connectivity index (χ4v) is 0.560. The molecule has 3 nitrogen and oxygen atoms in total. The smallest absolute Gasteiger partial charge is 0.870 e. The van der Waals surface area contributed by atoms with E-state index in [1.807, 2.05) is 0 Å². The van der Waals surface area contributed by atoms with Crippen molar-refractivity contribution in [2.45, 2.75) is 0 Å². The number of aromatic hydroxyl groups is 1. The van der Waals surface area contributed by atoms with Crippen LogP contribution >= 0.6 is 0 Å². The van der Waals surface area contributed by atoms with Gasteiger partial charge in [-0.05, 0) is 0 Å². The van der Waals surface area contributed by atoms with Gasteiger partial charge in [-0.25, -0.2) is 0 Å². The van der Waals surface area contributed by atoms with Crippen molar-refractivity contribution >= 4 is 6.29 Å². The number of para-hydroxylation sites is 1. The molecule has 0 bridgehead atoms. The molecule has 2 N–H and O–H groups in total. The van der Waals surface area contributed by atoms with Crippen LogP contribution in [0, 0.1) is 0 Å². The van der Waals surface area contributed by atoms with Gasteiger partial charge in [0.2, 0.25) is 0 Å². The minimum atomic E-state index is -0.0208. The van der Waals surface area contributed by atoms with Gasteiger partial charge in [0.25, 0.3) is 0 Å². The minimum Gasteiger partial charge on any atom is -0.870 e. The van der Waals surface area contributed by atoms with Gasteiger partial charge in [0.05, 0.1) is 6.29 Å². The molecule has 0 radical (unpaired) electrons. The molecule has 0 spiro atoms. The SMILES string of the molecule is O=[C-]c1ccccc1O.[Na+].[OH-]. The summed E-state index contributed by atoms with van der Waals surface area (Å²) in [5, 5.41) is 8.85. The van der Waals surface area contributed by atoms with E-state index < -0.39 is 0 Å². The van der Waals surface area contributed by atoms with Crippen molar-refractivity contribution in [1.82, 2.24) is 0 Å². The Bertz CT molecular complexity index is 225. The summed E-state index contributed by atoms with van der Waals surface area (Å²) in [5.41, 5.74) is 0.206. The topological polar surface area (TPSA) is 67.3 Å². The second kappa shape index (κ2) is 6.37. The van der Waals surface area contributed by atoms with Crippen molar-refractivity contribution in [2.75, 3.05) is 0 Å². The van der Waals surface area contributed by atoms with E-state index in [-0.39, 0.29) is 46.3 Å². The third-order valence-corrected chi connectivity index (χ3v) is 1.01. The molecule has 0 aliphatic heterocycles. The average Bonchev–Trinajstić information content (AvgIpc) is 1.89. The van der Waals surface area contributed by atoms with Gasteiger partial charge in [0, 0.05) is 5.75 Å². The Hall–Kier alpha value is -0.350. The van der Waals surface area contributed by atoms with Crippen molar-refractivity contribution < 1.29 is 44.9 Å². The molecule has 0 aliphatic carbocycles. The molecule has 1 rings (SSSR count). The quantitative estimate of drug-likeness (QED) is 0.371. The molecule has 0 aromatic heterocycles. The molecule has 1 aromatic carbocycles. The van der Waals surface area contributed by atoms with Crippen LogP contribution in [0.1, 0.15) is 5.56 Å². The first-order valence-electron chi connectivity index (χ1n) is 2.51. The van der Waals surface area contributed by atoms with E-state index in [4.69, 9.17) is 5.11 Å². The first-order valence-corrected chi connectivity index (χ1v) is 2.51. The molecule has 54 valence electrons. The summed E-state index contributed by atoms with van der Waals surface area (Å²) < 4.78 is 0. The normalized spacial score (nSPS) is 7.27. The van der Waals surface area contributed by atoms with E-state index in [0.29, 0.717) is 0 Å². The number of hydrogen-bond acceptors (Lipinski definition) is 3. The Kier molecular flexibility index (Phi) is 7.67. The number of carbonyl (C=O) groups excluding carboxylic acids is 1. The van der Waals surface area contributed by atoms with Crippen LogP contribution < -0.4 is 29.6 Å². The molecule has 0 fully saturated rings. The first-order chi connectivity index (χ1) is 4.34. The number of phenols is 1. The zero-order valence-electron chi connectivity index (χ0n) is 6.11. The van der Waals surface area contributed by atoms with Crippen molar-refractivity contribution in [2.24, 2.45) is 0 Å². The molecule has 0 heterocycles. The molecule has 11 heavy (non-hydrogen) atoms. The first kappa shape index (κ1) is 13.3. The molecular formula is C7H6NaO3-. The van der Waals surface area contributed by atoms with Gasteiger partial charge in [-0.2, -0.15) is 6.07 Å². The molecule has 0 unspecified atom stereocenters. The van der Waals surface area contributed by atoms with Crippen LogP contribution in [0.2, 0.25) is 0 Å². The van der Waals surface area contributed by atoms with Crippen LogP contribution in [-0.2, 0) is 4.79 Å². The number of benzene rings is 1. The molecule has 4 heteroatoms. The minimum absolute atomic E-state index is 0. The molecule has 0 saturated heterocycles. The van der Waals surface area contributed by atoms with Crippen molar-refractivity contribution in [3.63, 3.8) is 0 Å². The second-order valence-electron chi connectivity index (χ2n) is 1.62. The average molecular weight is 161 g/mol. The fourth-order valence-electron chi connectivity index (χ4n) is 0.560. The Morgan fingerprint density at radius 1 is 1.27 bits per heavy atom. The number of hydrogen-bond donors (Lipinski definition) is 1. The third kappa shape index (κ3) is 3.53. The van der Waals surface area contributed by atoms with Crippen LogP contribution in [-0.4, -0.2) is 16.9 Å². The Morgan fingerprint density at radius 2 is 1.82 bits per heavy atom. The molecule has 1 aromatic rings. The van der Waals surface area contributed by atoms with Crippen molar-refractivity contribution in [3.8, 4) is 5.75 Å². The molecule has 0 saturated carbocycles. The van der Waals surface area contributed by atoms with Gasteiger partial charge < -0.3 is 15.4 Å². The zero-order chi connectivity index (χ0) is 6.69. The van der Waals surface area contributed by atoms with E-state index in [9.17, 15) is 4.79 Å². The largest absolute Gasteiger partial charge is 1.00 e. The fraction of sp³-hybridized carbons (Fsp3) is 0. The standard InChI is InChI=1S/C7H5O2.Na.H2O/c8-5-6-3-1-2-4-7(6)9;;/h1-4,9H;;1H2/q-1;+1;/p-1. The predicted molar refractivity (Wildman–Crippen MR) is 34.8 cm³/mol. The summed E-state index contributed by atoms with van der Waals surface area (Å²) >= 11 is 0. The van der Waals surface area contributed by atoms with E-state index in [1.54, 1.807) is 18.4 Å². The maximum absolute atomic E-state index is 9.94. The van der Waals surface area contributed by atoms with Crippen LogP contribution in [0.5, 0.6) is 5.75 Å². The Balaban J connectivity index is 0. The summed E-state index contributed by atoms with van der Waals surface area (Å²) in [7, 11) is 0. The summed E-state index contributed by atoms with van der Waals surface area (Å²) in [6.45, 7) is 0. The summed E-state index contributed by atoms with van der Waals surface area (Å²) in [5.74, 6) is -0.0208. The van der Waals surface area contributed by atoms with Crippen molar-refractivity contribution in [1.29, 1.82) is 0 Å². The maximum Gasteiger partial charge on any atom is 1.00 e. The molecular weight excluding hydrogens is 155 g/mol. The number of rotatable bonds is 1. The van der Waals surface area contributed by atoms with Crippen LogP contribution in [0.3, 0.4) is 0 Å². The maximum atomic E-state index is 9.94. The monoisotopic (exact) mass is 161 g/mol. The van der Waals surface area contributed by atoms with E-state index in [1.165, 1.54) is 12.1 Å². The molecule has 0 amide bonds. The second-order valence-corrected chi connectivity index (χ2v) is 1.62. The molecule has 0 aliphatic rings. The van der Waals surface area contributed by atoms with E-state index >= 15 is 0 Å². The Morgan fingerprint density at radius 3 is 2.18 bits per heavy atom. The predicted octanol–water partition coefficient (Wildman–Crippen LogP) is -2.32. The van der Waals surface area contributed by atoms with Gasteiger partial charge >= 0.3 is 29.6 Å². The summed E-state index contributed by atoms with van der Waals surface area (Å²) in [6.07, 6.45) is 1.60. The summed E-state index contributed by atoms with van der Waals surface area (Å²) in [4.78, 5) is 9.94. The molecule has 0 atom stereocenters. The van der Waals surface area contributed by atoms with E-state index in [2.05, 4.69) is 0 Å². The van der Waals surface area contributed by atoms with Crippen LogP contribution in [0.25, 0.3) is 0 Å².